The molecule has 29 heavy (non-hydrogen) atoms. The highest BCUT2D eigenvalue weighted by molar-refractivity contribution is 5.95. The van der Waals surface area contributed by atoms with Crippen LogP contribution >= 0.6 is 0 Å². The van der Waals surface area contributed by atoms with Crippen molar-refractivity contribution in [3.05, 3.63) is 59.7 Å². The zero-order valence-electron chi connectivity index (χ0n) is 17.4. The first-order valence-electron chi connectivity index (χ1n) is 9.89. The molecule has 2 rings (SSSR count). The standard InChI is InChI=1S/C23H29NO5/c1-5-27-20-13-12-18(14-21(20)28-6-2)23(26)24-19(15-22(25)29-16(3)4)17-10-8-7-9-11-17/h7-14,16,19H,5-6,15H2,1-4H3,(H,24,26). The van der Waals surface area contributed by atoms with E-state index in [1.807, 2.05) is 44.2 Å². The van der Waals surface area contributed by atoms with Gasteiger partial charge in [-0.25, -0.2) is 0 Å². The highest BCUT2D eigenvalue weighted by Gasteiger charge is 2.21. The minimum atomic E-state index is -0.503. The van der Waals surface area contributed by atoms with Crippen LogP contribution in [0, 0.1) is 0 Å². The van der Waals surface area contributed by atoms with E-state index in [4.69, 9.17) is 14.2 Å². The highest BCUT2D eigenvalue weighted by Crippen LogP contribution is 2.29. The lowest BCUT2D eigenvalue weighted by atomic mass is 10.0. The normalized spacial score (nSPS) is 11.6. The van der Waals surface area contributed by atoms with Crippen molar-refractivity contribution in [1.29, 1.82) is 0 Å². The topological polar surface area (TPSA) is 73.9 Å². The Balaban J connectivity index is 2.22. The van der Waals surface area contributed by atoms with Gasteiger partial charge in [0.1, 0.15) is 0 Å². The minimum Gasteiger partial charge on any atom is -0.490 e. The maximum atomic E-state index is 12.9. The van der Waals surface area contributed by atoms with Crippen LogP contribution in [0.1, 0.15) is 56.1 Å². The third kappa shape index (κ3) is 6.82. The summed E-state index contributed by atoms with van der Waals surface area (Å²) in [6.45, 7) is 8.30. The Kier molecular flexibility index (Phi) is 8.52. The highest BCUT2D eigenvalue weighted by atomic mass is 16.5. The van der Waals surface area contributed by atoms with Crippen LogP contribution in [0.15, 0.2) is 48.5 Å². The lowest BCUT2D eigenvalue weighted by molar-refractivity contribution is -0.147. The number of rotatable bonds is 10. The van der Waals surface area contributed by atoms with Crippen molar-refractivity contribution < 1.29 is 23.8 Å². The van der Waals surface area contributed by atoms with Gasteiger partial charge in [-0.05, 0) is 51.5 Å². The molecule has 1 atom stereocenters. The number of carbonyl (C=O) groups is 2. The molecule has 0 radical (unpaired) electrons. The van der Waals surface area contributed by atoms with Gasteiger partial charge in [0.2, 0.25) is 0 Å². The molecule has 0 aliphatic heterocycles. The first-order valence-corrected chi connectivity index (χ1v) is 9.89. The summed E-state index contributed by atoms with van der Waals surface area (Å²) in [6.07, 6.45) is -0.169. The van der Waals surface area contributed by atoms with Crippen molar-refractivity contribution in [2.24, 2.45) is 0 Å². The average Bonchev–Trinajstić information content (AvgIpc) is 2.69. The minimum absolute atomic E-state index is 0.0449. The zero-order valence-corrected chi connectivity index (χ0v) is 17.4. The van der Waals surface area contributed by atoms with Crippen LogP contribution < -0.4 is 14.8 Å². The van der Waals surface area contributed by atoms with E-state index in [1.54, 1.807) is 32.0 Å². The van der Waals surface area contributed by atoms with Crippen LogP contribution in [0.25, 0.3) is 0 Å². The second-order valence-electron chi connectivity index (χ2n) is 6.71. The Morgan fingerprint density at radius 1 is 0.931 bits per heavy atom. The molecule has 0 aromatic heterocycles. The van der Waals surface area contributed by atoms with E-state index in [2.05, 4.69) is 5.32 Å². The van der Waals surface area contributed by atoms with Gasteiger partial charge < -0.3 is 19.5 Å². The van der Waals surface area contributed by atoms with Gasteiger partial charge in [-0.3, -0.25) is 9.59 Å². The van der Waals surface area contributed by atoms with Gasteiger partial charge in [0, 0.05) is 5.56 Å². The third-order valence-electron chi connectivity index (χ3n) is 4.05. The number of amides is 1. The summed E-state index contributed by atoms with van der Waals surface area (Å²) in [4.78, 5) is 25.1. The van der Waals surface area contributed by atoms with Gasteiger partial charge in [-0.1, -0.05) is 30.3 Å². The fourth-order valence-electron chi connectivity index (χ4n) is 2.85. The molecule has 0 saturated heterocycles. The van der Waals surface area contributed by atoms with E-state index in [-0.39, 0.29) is 24.4 Å². The summed E-state index contributed by atoms with van der Waals surface area (Å²) in [5.74, 6) is 0.430. The fourth-order valence-corrected chi connectivity index (χ4v) is 2.85. The third-order valence-corrected chi connectivity index (χ3v) is 4.05. The number of hydrogen-bond donors (Lipinski definition) is 1. The molecular formula is C23H29NO5. The molecule has 2 aromatic rings. The van der Waals surface area contributed by atoms with E-state index in [0.29, 0.717) is 30.3 Å². The predicted octanol–water partition coefficient (Wildman–Crippen LogP) is 4.30. The van der Waals surface area contributed by atoms with Crippen LogP contribution in [0.3, 0.4) is 0 Å². The van der Waals surface area contributed by atoms with Gasteiger partial charge in [0.25, 0.3) is 5.91 Å². The van der Waals surface area contributed by atoms with Crippen molar-refractivity contribution in [3.63, 3.8) is 0 Å². The van der Waals surface area contributed by atoms with E-state index in [1.165, 1.54) is 0 Å². The largest absolute Gasteiger partial charge is 0.490 e. The maximum absolute atomic E-state index is 12.9. The summed E-state index contributed by atoms with van der Waals surface area (Å²) in [5.41, 5.74) is 1.26. The van der Waals surface area contributed by atoms with Crippen molar-refractivity contribution in [2.45, 2.75) is 46.3 Å². The number of ether oxygens (including phenoxy) is 3. The summed E-state index contributed by atoms with van der Waals surface area (Å²) in [6, 6.07) is 13.9. The number of nitrogens with one attached hydrogen (secondary N) is 1. The van der Waals surface area contributed by atoms with Gasteiger partial charge in [-0.15, -0.1) is 0 Å². The van der Waals surface area contributed by atoms with Crippen LogP contribution in [0.5, 0.6) is 11.5 Å². The predicted molar refractivity (Wildman–Crippen MR) is 111 cm³/mol. The molecule has 6 nitrogen and oxygen atoms in total. The Hall–Kier alpha value is -3.02. The van der Waals surface area contributed by atoms with E-state index in [0.717, 1.165) is 5.56 Å². The van der Waals surface area contributed by atoms with Gasteiger partial charge in [0.15, 0.2) is 11.5 Å². The van der Waals surface area contributed by atoms with Crippen LogP contribution in [-0.4, -0.2) is 31.2 Å². The lowest BCUT2D eigenvalue weighted by Gasteiger charge is -2.20. The monoisotopic (exact) mass is 399 g/mol. The van der Waals surface area contributed by atoms with E-state index in [9.17, 15) is 9.59 Å². The Morgan fingerprint density at radius 2 is 1.59 bits per heavy atom. The van der Waals surface area contributed by atoms with Gasteiger partial charge in [0.05, 0.1) is 31.8 Å². The molecule has 0 aliphatic rings. The van der Waals surface area contributed by atoms with Crippen molar-refractivity contribution in [1.82, 2.24) is 5.32 Å². The molecule has 1 amide bonds. The maximum Gasteiger partial charge on any atom is 0.308 e. The molecular weight excluding hydrogens is 370 g/mol. The number of esters is 1. The van der Waals surface area contributed by atoms with E-state index >= 15 is 0 Å². The quantitative estimate of drug-likeness (QED) is 0.603. The molecule has 0 fully saturated rings. The molecule has 2 aromatic carbocycles. The van der Waals surface area contributed by atoms with Crippen molar-refractivity contribution >= 4 is 11.9 Å². The smallest absolute Gasteiger partial charge is 0.308 e. The summed E-state index contributed by atoms with van der Waals surface area (Å²) < 4.78 is 16.4. The summed E-state index contributed by atoms with van der Waals surface area (Å²) >= 11 is 0. The van der Waals surface area contributed by atoms with Gasteiger partial charge in [-0.2, -0.15) is 0 Å². The molecule has 1 N–H and O–H groups in total. The first kappa shape index (κ1) is 22.3. The fraction of sp³-hybridized carbons (Fsp3) is 0.391. The lowest BCUT2D eigenvalue weighted by Crippen LogP contribution is -2.31. The van der Waals surface area contributed by atoms with Gasteiger partial charge >= 0.3 is 5.97 Å². The number of hydrogen-bond acceptors (Lipinski definition) is 5. The Labute approximate surface area is 172 Å². The zero-order chi connectivity index (χ0) is 21.2. The molecule has 0 bridgehead atoms. The van der Waals surface area contributed by atoms with E-state index < -0.39 is 6.04 Å². The SMILES string of the molecule is CCOc1ccc(C(=O)NC(CC(=O)OC(C)C)c2ccccc2)cc1OCC. The average molecular weight is 399 g/mol. The van der Waals surface area contributed by atoms with Crippen LogP contribution in [0.2, 0.25) is 0 Å². The van der Waals surface area contributed by atoms with Crippen LogP contribution in [-0.2, 0) is 9.53 Å². The molecule has 0 saturated carbocycles. The van der Waals surface area contributed by atoms with Crippen LogP contribution in [0.4, 0.5) is 0 Å². The molecule has 6 heteroatoms. The first-order chi connectivity index (χ1) is 13.9. The molecule has 1 unspecified atom stereocenters. The second-order valence-corrected chi connectivity index (χ2v) is 6.71. The summed E-state index contributed by atoms with van der Waals surface area (Å²) in [7, 11) is 0. The number of benzene rings is 2. The van der Waals surface area contributed by atoms with Crippen molar-refractivity contribution in [2.75, 3.05) is 13.2 Å². The molecule has 0 aliphatic carbocycles. The molecule has 0 spiro atoms. The molecule has 0 heterocycles. The summed E-state index contributed by atoms with van der Waals surface area (Å²) in [5, 5.41) is 2.94. The number of carbonyl (C=O) groups excluding carboxylic acids is 2. The van der Waals surface area contributed by atoms with Crippen molar-refractivity contribution in [3.8, 4) is 11.5 Å². The second kappa shape index (κ2) is 11.1. The Morgan fingerprint density at radius 3 is 2.21 bits per heavy atom. The Bertz CT molecular complexity index is 804. The molecule has 156 valence electrons.